The van der Waals surface area contributed by atoms with Gasteiger partial charge in [0, 0.05) is 23.4 Å². The topological polar surface area (TPSA) is 65.2 Å². The largest absolute Gasteiger partial charge is 0.358 e. The van der Waals surface area contributed by atoms with Gasteiger partial charge in [0.15, 0.2) is 0 Å². The van der Waals surface area contributed by atoms with Gasteiger partial charge in [0.2, 0.25) is 11.8 Å². The molecule has 0 unspecified atom stereocenters. The van der Waals surface area contributed by atoms with Crippen LogP contribution in [0.3, 0.4) is 0 Å². The van der Waals surface area contributed by atoms with Crippen LogP contribution in [0.15, 0.2) is 91.0 Å². The fourth-order valence-electron chi connectivity index (χ4n) is 5.26. The molecule has 5 rings (SSSR count). The van der Waals surface area contributed by atoms with E-state index in [-0.39, 0.29) is 18.2 Å². The normalized spacial score (nSPS) is 15.0. The van der Waals surface area contributed by atoms with Gasteiger partial charge in [-0.2, -0.15) is 0 Å². The molecule has 0 spiro atoms. The minimum absolute atomic E-state index is 0.0366. The van der Waals surface area contributed by atoms with E-state index in [1.54, 1.807) is 0 Å². The zero-order chi connectivity index (χ0) is 24.1. The number of benzene rings is 3. The molecule has 3 aromatic carbocycles. The molecule has 1 aromatic heterocycles. The zero-order valence-electron chi connectivity index (χ0n) is 19.9. The van der Waals surface area contributed by atoms with Gasteiger partial charge in [-0.1, -0.05) is 86.0 Å². The molecular weight excluding hydrogens is 434 g/mol. The molecule has 0 atom stereocenters. The van der Waals surface area contributed by atoms with Crippen molar-refractivity contribution in [1.82, 2.24) is 9.88 Å². The minimum Gasteiger partial charge on any atom is -0.358 e. The van der Waals surface area contributed by atoms with Gasteiger partial charge >= 0.3 is 0 Å². The van der Waals surface area contributed by atoms with Gasteiger partial charge < -0.3 is 15.2 Å². The van der Waals surface area contributed by atoms with Crippen molar-refractivity contribution < 1.29 is 9.59 Å². The van der Waals surface area contributed by atoms with Crippen LogP contribution in [-0.2, 0) is 22.6 Å². The number of para-hydroxylation sites is 2. The van der Waals surface area contributed by atoms with Gasteiger partial charge in [-0.3, -0.25) is 9.59 Å². The van der Waals surface area contributed by atoms with Crippen molar-refractivity contribution in [3.8, 4) is 0 Å². The number of rotatable bonds is 7. The number of nitrogens with zero attached hydrogens (tertiary/aromatic N) is 1. The van der Waals surface area contributed by atoms with Gasteiger partial charge in [0.05, 0.1) is 6.42 Å². The summed E-state index contributed by atoms with van der Waals surface area (Å²) in [6.45, 7) is 0.405. The van der Waals surface area contributed by atoms with E-state index in [2.05, 4.69) is 10.3 Å². The Morgan fingerprint density at radius 3 is 2.20 bits per heavy atom. The second kappa shape index (κ2) is 10.2. The SMILES string of the molecule is O=C(Cc1cc2ccccc2[nH]1)N(Cc1ccccc1)C1(C(=O)Nc2ccccc2)CCCCC1. The van der Waals surface area contributed by atoms with Gasteiger partial charge in [-0.05, 0) is 48.1 Å². The first-order valence-corrected chi connectivity index (χ1v) is 12.4. The molecule has 0 radical (unpaired) electrons. The van der Waals surface area contributed by atoms with Gasteiger partial charge in [-0.15, -0.1) is 0 Å². The highest BCUT2D eigenvalue weighted by atomic mass is 16.2. The molecule has 1 heterocycles. The van der Waals surface area contributed by atoms with Crippen molar-refractivity contribution in [3.63, 3.8) is 0 Å². The van der Waals surface area contributed by atoms with Crippen LogP contribution in [0, 0.1) is 0 Å². The quantitative estimate of drug-likeness (QED) is 0.347. The lowest BCUT2D eigenvalue weighted by atomic mass is 9.78. The van der Waals surface area contributed by atoms with Crippen molar-refractivity contribution in [2.75, 3.05) is 5.32 Å². The lowest BCUT2D eigenvalue weighted by Gasteiger charge is -2.45. The molecule has 1 aliphatic carbocycles. The molecule has 1 saturated carbocycles. The Bertz CT molecular complexity index is 1260. The standard InChI is InChI=1S/C30H31N3O2/c34-28(21-26-20-24-14-8-9-17-27(24)31-26)33(22-23-12-4-1-5-13-23)30(18-10-3-11-19-30)29(35)32-25-15-6-2-7-16-25/h1-2,4-9,12-17,20,31H,3,10-11,18-19,21-22H2,(H,32,35). The Labute approximate surface area is 206 Å². The number of hydrogen-bond donors (Lipinski definition) is 2. The molecule has 2 amide bonds. The number of H-pyrrole nitrogens is 1. The maximum atomic E-state index is 14.0. The average Bonchev–Trinajstić information content (AvgIpc) is 3.31. The minimum atomic E-state index is -0.882. The third kappa shape index (κ3) is 4.99. The van der Waals surface area contributed by atoms with Crippen molar-refractivity contribution in [2.24, 2.45) is 0 Å². The number of hydrogen-bond acceptors (Lipinski definition) is 2. The number of aromatic amines is 1. The number of carbonyl (C=O) groups excluding carboxylic acids is 2. The first kappa shape index (κ1) is 22.9. The monoisotopic (exact) mass is 465 g/mol. The van der Waals surface area contributed by atoms with Crippen LogP contribution in [0.1, 0.15) is 43.4 Å². The van der Waals surface area contributed by atoms with Crippen molar-refractivity contribution in [2.45, 2.75) is 50.6 Å². The van der Waals surface area contributed by atoms with Crippen LogP contribution in [0.25, 0.3) is 10.9 Å². The molecule has 0 aliphatic heterocycles. The van der Waals surface area contributed by atoms with Gasteiger partial charge in [0.1, 0.15) is 5.54 Å². The summed E-state index contributed by atoms with van der Waals surface area (Å²) in [7, 11) is 0. The lowest BCUT2D eigenvalue weighted by Crippen LogP contribution is -2.60. The van der Waals surface area contributed by atoms with Crippen LogP contribution >= 0.6 is 0 Å². The lowest BCUT2D eigenvalue weighted by molar-refractivity contribution is -0.148. The summed E-state index contributed by atoms with van der Waals surface area (Å²) in [4.78, 5) is 33.1. The zero-order valence-corrected chi connectivity index (χ0v) is 19.9. The van der Waals surface area contributed by atoms with Crippen molar-refractivity contribution in [1.29, 1.82) is 0 Å². The number of anilines is 1. The number of fused-ring (bicyclic) bond motifs is 1. The molecule has 1 aliphatic rings. The molecule has 0 saturated heterocycles. The summed E-state index contributed by atoms with van der Waals surface area (Å²) in [5, 5.41) is 4.20. The average molecular weight is 466 g/mol. The highest BCUT2D eigenvalue weighted by Crippen LogP contribution is 2.37. The molecule has 1 fully saturated rings. The number of nitrogens with one attached hydrogen (secondary N) is 2. The third-order valence-electron chi connectivity index (χ3n) is 7.06. The Balaban J connectivity index is 1.49. The Hall–Kier alpha value is -3.86. The van der Waals surface area contributed by atoms with E-state index in [4.69, 9.17) is 0 Å². The predicted octanol–water partition coefficient (Wildman–Crippen LogP) is 6.08. The molecule has 35 heavy (non-hydrogen) atoms. The van der Waals surface area contributed by atoms with E-state index < -0.39 is 5.54 Å². The van der Waals surface area contributed by atoms with Crippen molar-refractivity contribution in [3.05, 3.63) is 102 Å². The molecule has 5 nitrogen and oxygen atoms in total. The van der Waals surface area contributed by atoms with Crippen LogP contribution in [0.4, 0.5) is 5.69 Å². The van der Waals surface area contributed by atoms with E-state index in [1.165, 1.54) is 0 Å². The van der Waals surface area contributed by atoms with Gasteiger partial charge in [-0.25, -0.2) is 0 Å². The Morgan fingerprint density at radius 1 is 0.829 bits per heavy atom. The van der Waals surface area contributed by atoms with E-state index in [1.807, 2.05) is 95.9 Å². The molecule has 2 N–H and O–H groups in total. The fourth-order valence-corrected chi connectivity index (χ4v) is 5.26. The summed E-state index contributed by atoms with van der Waals surface area (Å²) >= 11 is 0. The summed E-state index contributed by atoms with van der Waals surface area (Å²) in [5.74, 6) is -0.130. The summed E-state index contributed by atoms with van der Waals surface area (Å²) in [5.41, 5.74) is 2.77. The van der Waals surface area contributed by atoms with Crippen LogP contribution in [0.2, 0.25) is 0 Å². The number of aromatic nitrogens is 1. The summed E-state index contributed by atoms with van der Waals surface area (Å²) in [6, 6.07) is 29.6. The highest BCUT2D eigenvalue weighted by molar-refractivity contribution is 6.01. The molecule has 5 heteroatoms. The number of amides is 2. The van der Waals surface area contributed by atoms with E-state index in [0.717, 1.165) is 47.1 Å². The van der Waals surface area contributed by atoms with E-state index >= 15 is 0 Å². The van der Waals surface area contributed by atoms with Crippen LogP contribution in [0.5, 0.6) is 0 Å². The van der Waals surface area contributed by atoms with E-state index in [9.17, 15) is 9.59 Å². The highest BCUT2D eigenvalue weighted by Gasteiger charge is 2.47. The third-order valence-corrected chi connectivity index (χ3v) is 7.06. The maximum absolute atomic E-state index is 14.0. The maximum Gasteiger partial charge on any atom is 0.250 e. The fraction of sp³-hybridized carbons (Fsp3) is 0.267. The molecular formula is C30H31N3O2. The first-order chi connectivity index (χ1) is 17.1. The number of carbonyl (C=O) groups is 2. The van der Waals surface area contributed by atoms with Gasteiger partial charge in [0.25, 0.3) is 0 Å². The smallest absolute Gasteiger partial charge is 0.250 e. The summed E-state index contributed by atoms with van der Waals surface area (Å²) in [6.07, 6.45) is 4.48. The molecule has 4 aromatic rings. The molecule has 0 bridgehead atoms. The van der Waals surface area contributed by atoms with Crippen molar-refractivity contribution >= 4 is 28.4 Å². The van der Waals surface area contributed by atoms with Crippen LogP contribution in [-0.4, -0.2) is 27.2 Å². The second-order valence-electron chi connectivity index (χ2n) is 9.44. The second-order valence-corrected chi connectivity index (χ2v) is 9.44. The predicted molar refractivity (Wildman–Crippen MR) is 140 cm³/mol. The first-order valence-electron chi connectivity index (χ1n) is 12.4. The van der Waals surface area contributed by atoms with Crippen LogP contribution < -0.4 is 5.32 Å². The Morgan fingerprint density at radius 2 is 1.49 bits per heavy atom. The molecule has 178 valence electrons. The Kier molecular flexibility index (Phi) is 6.66. The van der Waals surface area contributed by atoms with E-state index in [0.29, 0.717) is 19.4 Å². The summed E-state index contributed by atoms with van der Waals surface area (Å²) < 4.78 is 0.